The SMILES string of the molecule is NC(=O)C1CCC2C1CCC1C3CCCCC3=CCC12. The van der Waals surface area contributed by atoms with E-state index in [0.29, 0.717) is 5.92 Å². The second-order valence-corrected chi connectivity index (χ2v) is 7.69. The van der Waals surface area contributed by atoms with E-state index in [-0.39, 0.29) is 11.8 Å². The molecule has 6 atom stereocenters. The standard InChI is InChI=1S/C18H27NO/c19-18(20)17-10-9-15-14-6-5-11-3-1-2-4-12(11)13(14)7-8-16(15)17/h5,12-17H,1-4,6-10H2,(H2,19,20). The number of allylic oxidation sites excluding steroid dienone is 2. The number of carbonyl (C=O) groups is 1. The van der Waals surface area contributed by atoms with Gasteiger partial charge in [0.2, 0.25) is 5.91 Å². The number of rotatable bonds is 1. The van der Waals surface area contributed by atoms with Gasteiger partial charge in [0.1, 0.15) is 0 Å². The number of hydrogen-bond acceptors (Lipinski definition) is 1. The fraction of sp³-hybridized carbons (Fsp3) is 0.833. The quantitative estimate of drug-likeness (QED) is 0.728. The third-order valence-corrected chi connectivity index (χ3v) is 7.05. The van der Waals surface area contributed by atoms with E-state index in [4.69, 9.17) is 5.73 Å². The summed E-state index contributed by atoms with van der Waals surface area (Å²) in [5.74, 6) is 4.28. The number of primary amides is 1. The summed E-state index contributed by atoms with van der Waals surface area (Å²) < 4.78 is 0. The lowest BCUT2D eigenvalue weighted by atomic mass is 9.56. The third kappa shape index (κ3) is 1.87. The van der Waals surface area contributed by atoms with Crippen LogP contribution < -0.4 is 5.73 Å². The van der Waals surface area contributed by atoms with E-state index in [1.807, 2.05) is 0 Å². The Balaban J connectivity index is 1.58. The number of amides is 1. The van der Waals surface area contributed by atoms with Gasteiger partial charge in [-0.05, 0) is 81.0 Å². The molecule has 0 bridgehead atoms. The van der Waals surface area contributed by atoms with Crippen molar-refractivity contribution >= 4 is 5.91 Å². The Morgan fingerprint density at radius 3 is 2.60 bits per heavy atom. The Morgan fingerprint density at radius 2 is 1.75 bits per heavy atom. The molecule has 110 valence electrons. The molecule has 4 rings (SSSR count). The van der Waals surface area contributed by atoms with Crippen LogP contribution in [0.1, 0.15) is 57.8 Å². The van der Waals surface area contributed by atoms with Crippen LogP contribution in [0.25, 0.3) is 0 Å². The van der Waals surface area contributed by atoms with Crippen LogP contribution in [0.4, 0.5) is 0 Å². The molecule has 2 N–H and O–H groups in total. The highest BCUT2D eigenvalue weighted by Gasteiger charge is 2.50. The second kappa shape index (κ2) is 4.89. The van der Waals surface area contributed by atoms with Gasteiger partial charge in [-0.25, -0.2) is 0 Å². The van der Waals surface area contributed by atoms with Crippen molar-refractivity contribution in [1.82, 2.24) is 0 Å². The molecular formula is C18H27NO. The first-order valence-electron chi connectivity index (χ1n) is 8.74. The van der Waals surface area contributed by atoms with Gasteiger partial charge in [-0.2, -0.15) is 0 Å². The summed E-state index contributed by atoms with van der Waals surface area (Å²) in [5.41, 5.74) is 7.42. The largest absolute Gasteiger partial charge is 0.369 e. The molecule has 0 aromatic carbocycles. The van der Waals surface area contributed by atoms with Gasteiger partial charge in [0.25, 0.3) is 0 Å². The van der Waals surface area contributed by atoms with E-state index in [2.05, 4.69) is 6.08 Å². The first-order valence-corrected chi connectivity index (χ1v) is 8.74. The van der Waals surface area contributed by atoms with Crippen molar-refractivity contribution < 1.29 is 4.79 Å². The van der Waals surface area contributed by atoms with E-state index in [9.17, 15) is 4.79 Å². The molecule has 0 saturated heterocycles. The molecule has 0 heterocycles. The van der Waals surface area contributed by atoms with Gasteiger partial charge in [-0.3, -0.25) is 4.79 Å². The minimum atomic E-state index is -0.0272. The van der Waals surface area contributed by atoms with Gasteiger partial charge < -0.3 is 5.73 Å². The van der Waals surface area contributed by atoms with Crippen molar-refractivity contribution in [3.05, 3.63) is 11.6 Å². The molecule has 3 saturated carbocycles. The van der Waals surface area contributed by atoms with Crippen molar-refractivity contribution in [3.63, 3.8) is 0 Å². The summed E-state index contributed by atoms with van der Waals surface area (Å²) in [5, 5.41) is 0. The van der Waals surface area contributed by atoms with Crippen LogP contribution in [0.5, 0.6) is 0 Å². The summed E-state index contributed by atoms with van der Waals surface area (Å²) in [6.07, 6.45) is 14.5. The van der Waals surface area contributed by atoms with Crippen molar-refractivity contribution in [2.45, 2.75) is 57.8 Å². The molecule has 2 heteroatoms. The van der Waals surface area contributed by atoms with E-state index >= 15 is 0 Å². The zero-order chi connectivity index (χ0) is 13.7. The highest BCUT2D eigenvalue weighted by atomic mass is 16.1. The molecule has 6 unspecified atom stereocenters. The molecule has 0 aliphatic heterocycles. The first kappa shape index (κ1) is 12.9. The van der Waals surface area contributed by atoms with Crippen molar-refractivity contribution in [2.75, 3.05) is 0 Å². The van der Waals surface area contributed by atoms with Crippen molar-refractivity contribution in [3.8, 4) is 0 Å². The summed E-state index contributed by atoms with van der Waals surface area (Å²) in [7, 11) is 0. The van der Waals surface area contributed by atoms with Crippen LogP contribution in [0, 0.1) is 35.5 Å². The first-order chi connectivity index (χ1) is 9.75. The Hall–Kier alpha value is -0.790. The van der Waals surface area contributed by atoms with Crippen molar-refractivity contribution in [1.29, 1.82) is 0 Å². The van der Waals surface area contributed by atoms with Crippen LogP contribution in [0.2, 0.25) is 0 Å². The van der Waals surface area contributed by atoms with Crippen LogP contribution in [-0.4, -0.2) is 5.91 Å². The zero-order valence-electron chi connectivity index (χ0n) is 12.4. The highest BCUT2D eigenvalue weighted by Crippen LogP contribution is 2.57. The maximum Gasteiger partial charge on any atom is 0.220 e. The van der Waals surface area contributed by atoms with E-state index in [1.54, 1.807) is 5.57 Å². The maximum atomic E-state index is 11.7. The van der Waals surface area contributed by atoms with E-state index in [0.717, 1.165) is 30.1 Å². The van der Waals surface area contributed by atoms with Crippen LogP contribution in [0.3, 0.4) is 0 Å². The second-order valence-electron chi connectivity index (χ2n) is 7.69. The minimum absolute atomic E-state index is 0.0272. The van der Waals surface area contributed by atoms with Gasteiger partial charge in [0.15, 0.2) is 0 Å². The van der Waals surface area contributed by atoms with Crippen molar-refractivity contribution in [2.24, 2.45) is 41.2 Å². The smallest absolute Gasteiger partial charge is 0.220 e. The normalized spacial score (nSPS) is 46.9. The lowest BCUT2D eigenvalue weighted by Crippen LogP contribution is -2.42. The fourth-order valence-corrected chi connectivity index (χ4v) is 6.26. The van der Waals surface area contributed by atoms with E-state index in [1.165, 1.54) is 51.4 Å². The molecule has 3 fully saturated rings. The van der Waals surface area contributed by atoms with Gasteiger partial charge in [0, 0.05) is 5.92 Å². The van der Waals surface area contributed by atoms with Gasteiger partial charge in [-0.1, -0.05) is 18.1 Å². The summed E-state index contributed by atoms with van der Waals surface area (Å²) >= 11 is 0. The highest BCUT2D eigenvalue weighted by molar-refractivity contribution is 5.77. The fourth-order valence-electron chi connectivity index (χ4n) is 6.26. The predicted octanol–water partition coefficient (Wildman–Crippen LogP) is 3.66. The molecule has 4 aliphatic rings. The Labute approximate surface area is 122 Å². The lowest BCUT2D eigenvalue weighted by molar-refractivity contribution is -0.123. The van der Waals surface area contributed by atoms with Gasteiger partial charge in [-0.15, -0.1) is 0 Å². The summed E-state index contributed by atoms with van der Waals surface area (Å²) in [6.45, 7) is 0. The number of carbonyl (C=O) groups excluding carboxylic acids is 1. The molecule has 4 aliphatic carbocycles. The van der Waals surface area contributed by atoms with Crippen LogP contribution in [-0.2, 0) is 4.79 Å². The summed E-state index contributed by atoms with van der Waals surface area (Å²) in [4.78, 5) is 11.7. The predicted molar refractivity (Wildman–Crippen MR) is 79.8 cm³/mol. The average Bonchev–Trinajstić information content (AvgIpc) is 2.91. The Bertz CT molecular complexity index is 441. The molecule has 20 heavy (non-hydrogen) atoms. The van der Waals surface area contributed by atoms with Crippen LogP contribution >= 0.6 is 0 Å². The zero-order valence-corrected chi connectivity index (χ0v) is 12.4. The number of hydrogen-bond donors (Lipinski definition) is 1. The topological polar surface area (TPSA) is 43.1 Å². The lowest BCUT2D eigenvalue weighted by Gasteiger charge is -2.48. The third-order valence-electron chi connectivity index (χ3n) is 7.05. The molecule has 0 aromatic heterocycles. The molecule has 0 radical (unpaired) electrons. The minimum Gasteiger partial charge on any atom is -0.369 e. The molecule has 0 spiro atoms. The molecule has 0 aromatic rings. The monoisotopic (exact) mass is 273 g/mol. The average molecular weight is 273 g/mol. The Morgan fingerprint density at radius 1 is 0.950 bits per heavy atom. The molecule has 2 nitrogen and oxygen atoms in total. The van der Waals surface area contributed by atoms with Crippen LogP contribution in [0.15, 0.2) is 11.6 Å². The maximum absolute atomic E-state index is 11.7. The number of nitrogens with two attached hydrogens (primary N) is 1. The van der Waals surface area contributed by atoms with Gasteiger partial charge >= 0.3 is 0 Å². The van der Waals surface area contributed by atoms with E-state index < -0.39 is 0 Å². The Kier molecular flexibility index (Phi) is 3.16. The van der Waals surface area contributed by atoms with Gasteiger partial charge in [0.05, 0.1) is 0 Å². The molecular weight excluding hydrogens is 246 g/mol. The molecule has 1 amide bonds. The number of fused-ring (bicyclic) bond motifs is 5. The summed E-state index contributed by atoms with van der Waals surface area (Å²) in [6, 6.07) is 0.